The van der Waals surface area contributed by atoms with Crippen LogP contribution in [0.5, 0.6) is 6.01 Å². The summed E-state index contributed by atoms with van der Waals surface area (Å²) in [5.74, 6) is -0.201. The summed E-state index contributed by atoms with van der Waals surface area (Å²) < 4.78 is 37.6. The van der Waals surface area contributed by atoms with Gasteiger partial charge in [0.15, 0.2) is 5.82 Å². The molecule has 4 aliphatic rings. The van der Waals surface area contributed by atoms with E-state index < -0.39 is 17.5 Å². The molecule has 4 aromatic rings. The molecule has 0 bridgehead atoms. The van der Waals surface area contributed by atoms with Crippen LogP contribution in [0.2, 0.25) is 10.0 Å². The Kier molecular flexibility index (Phi) is 6.93. The number of alkyl halides is 1. The van der Waals surface area contributed by atoms with Crippen LogP contribution in [0, 0.1) is 5.82 Å². The first-order valence-corrected chi connectivity index (χ1v) is 16.1. The van der Waals surface area contributed by atoms with Crippen molar-refractivity contribution in [2.24, 2.45) is 0 Å². The molecule has 1 amide bonds. The maximum absolute atomic E-state index is 16.9. The zero-order valence-corrected chi connectivity index (χ0v) is 26.0. The maximum atomic E-state index is 16.9. The molecule has 0 radical (unpaired) electrons. The summed E-state index contributed by atoms with van der Waals surface area (Å²) in [7, 11) is 0. The van der Waals surface area contributed by atoms with E-state index in [1.54, 1.807) is 18.2 Å². The van der Waals surface area contributed by atoms with E-state index in [-0.39, 0.29) is 46.7 Å². The standard InChI is InChI=1S/C34H31Cl2F2N5O2/c1-2-27(44)42-13-10-25-26(42)17-43(25)32-22-14-24(36)29(21-8-3-6-19-7-4-9-23(35)28(19)21)30(38)31(22)39-33(40-32)45-18-34-11-5-12-41(34)16-20(37)15-34/h2-4,6-9,14,20,25-26H,1,5,10-13,15-18H2/t20-,25?,26-,34+/m1/s1. The summed E-state index contributed by atoms with van der Waals surface area (Å²) in [5.41, 5.74) is 0.416. The van der Waals surface area contributed by atoms with Crippen LogP contribution in [0.4, 0.5) is 14.6 Å². The predicted octanol–water partition coefficient (Wildman–Crippen LogP) is 6.83. The van der Waals surface area contributed by atoms with Crippen molar-refractivity contribution in [3.05, 3.63) is 71.0 Å². The van der Waals surface area contributed by atoms with E-state index >= 15 is 4.39 Å². The Balaban J connectivity index is 1.25. The highest BCUT2D eigenvalue weighted by molar-refractivity contribution is 6.38. The number of aromatic nitrogens is 2. The number of hydrogen-bond donors (Lipinski definition) is 0. The summed E-state index contributed by atoms with van der Waals surface area (Å²) in [4.78, 5) is 28.0. The molecule has 45 heavy (non-hydrogen) atoms. The average Bonchev–Trinajstić information content (AvgIpc) is 3.65. The Labute approximate surface area is 269 Å². The minimum absolute atomic E-state index is 0.00396. The lowest BCUT2D eigenvalue weighted by atomic mass is 9.94. The number of anilines is 1. The normalized spacial score (nSPS) is 25.9. The lowest BCUT2D eigenvalue weighted by Crippen LogP contribution is -2.63. The van der Waals surface area contributed by atoms with E-state index in [0.717, 1.165) is 31.2 Å². The van der Waals surface area contributed by atoms with Crippen LogP contribution in [0.25, 0.3) is 32.8 Å². The summed E-state index contributed by atoms with van der Waals surface area (Å²) >= 11 is 13.5. The van der Waals surface area contributed by atoms with Gasteiger partial charge in [-0.15, -0.1) is 0 Å². The van der Waals surface area contributed by atoms with Crippen molar-refractivity contribution in [2.75, 3.05) is 37.7 Å². The summed E-state index contributed by atoms with van der Waals surface area (Å²) in [6.07, 6.45) is 3.37. The third-order valence-corrected chi connectivity index (χ3v) is 10.8. The summed E-state index contributed by atoms with van der Waals surface area (Å²) in [6, 6.07) is 12.9. The van der Waals surface area contributed by atoms with Crippen molar-refractivity contribution >= 4 is 56.6 Å². The van der Waals surface area contributed by atoms with Crippen molar-refractivity contribution in [1.29, 1.82) is 0 Å². The minimum Gasteiger partial charge on any atom is -0.461 e. The van der Waals surface area contributed by atoms with Gasteiger partial charge < -0.3 is 14.5 Å². The molecule has 7 nitrogen and oxygen atoms in total. The van der Waals surface area contributed by atoms with Crippen molar-refractivity contribution in [2.45, 2.75) is 49.5 Å². The molecule has 11 heteroatoms. The SMILES string of the molecule is C=CC(=O)N1CCC2[C@H]1CN2c1nc(OC[C@@]23CCCN2C[C@H](F)C3)nc2c(F)c(-c3cccc4cccc(Cl)c34)c(Cl)cc12. The Morgan fingerprint density at radius 2 is 1.93 bits per heavy atom. The zero-order chi connectivity index (χ0) is 31.0. The molecule has 4 atom stereocenters. The van der Waals surface area contributed by atoms with Crippen LogP contribution in [-0.2, 0) is 4.79 Å². The van der Waals surface area contributed by atoms with E-state index in [1.807, 2.05) is 29.2 Å². The summed E-state index contributed by atoms with van der Waals surface area (Å²) in [5, 5.41) is 2.70. The zero-order valence-electron chi connectivity index (χ0n) is 24.5. The topological polar surface area (TPSA) is 61.8 Å². The van der Waals surface area contributed by atoms with Crippen LogP contribution >= 0.6 is 23.2 Å². The van der Waals surface area contributed by atoms with E-state index in [4.69, 9.17) is 32.9 Å². The fourth-order valence-electron chi connectivity index (χ4n) is 8.10. The predicted molar refractivity (Wildman–Crippen MR) is 172 cm³/mol. The second-order valence-electron chi connectivity index (χ2n) is 12.6. The minimum atomic E-state index is -0.904. The lowest BCUT2D eigenvalue weighted by molar-refractivity contribution is -0.127. The average molecular weight is 651 g/mol. The fraction of sp³-hybridized carbons (Fsp3) is 0.382. The quantitative estimate of drug-likeness (QED) is 0.214. The van der Waals surface area contributed by atoms with Crippen LogP contribution in [0.15, 0.2) is 55.1 Å². The number of ether oxygens (including phenoxy) is 1. The van der Waals surface area contributed by atoms with E-state index in [2.05, 4.69) is 21.4 Å². The molecular formula is C34H31Cl2F2N5O2. The van der Waals surface area contributed by atoms with Gasteiger partial charge in [-0.25, -0.2) is 8.78 Å². The number of amides is 1. The Hall–Kier alpha value is -3.53. The van der Waals surface area contributed by atoms with Crippen LogP contribution in [0.3, 0.4) is 0 Å². The van der Waals surface area contributed by atoms with E-state index in [0.29, 0.717) is 53.2 Å². The summed E-state index contributed by atoms with van der Waals surface area (Å²) in [6.45, 7) is 6.21. The van der Waals surface area contributed by atoms with Crippen molar-refractivity contribution in [1.82, 2.24) is 19.8 Å². The number of likely N-dealkylation sites (tertiary alicyclic amines) is 1. The van der Waals surface area contributed by atoms with Gasteiger partial charge in [-0.3, -0.25) is 9.69 Å². The Bertz CT molecular complexity index is 1890. The van der Waals surface area contributed by atoms with E-state index in [1.165, 1.54) is 6.08 Å². The van der Waals surface area contributed by atoms with Gasteiger partial charge in [-0.2, -0.15) is 9.97 Å². The van der Waals surface area contributed by atoms with Crippen molar-refractivity contribution < 1.29 is 18.3 Å². The fourth-order valence-corrected chi connectivity index (χ4v) is 8.67. The highest BCUT2D eigenvalue weighted by Crippen LogP contribution is 2.46. The van der Waals surface area contributed by atoms with Crippen molar-refractivity contribution in [3.8, 4) is 17.1 Å². The second kappa shape index (κ2) is 10.8. The largest absolute Gasteiger partial charge is 0.461 e. The molecule has 232 valence electrons. The van der Waals surface area contributed by atoms with Gasteiger partial charge >= 0.3 is 6.01 Å². The first-order chi connectivity index (χ1) is 21.8. The van der Waals surface area contributed by atoms with Gasteiger partial charge in [0.2, 0.25) is 5.91 Å². The van der Waals surface area contributed by atoms with Crippen LogP contribution in [0.1, 0.15) is 25.7 Å². The highest BCUT2D eigenvalue weighted by Gasteiger charge is 2.51. The van der Waals surface area contributed by atoms with Crippen molar-refractivity contribution in [3.63, 3.8) is 0 Å². The number of nitrogens with zero attached hydrogens (tertiary/aromatic N) is 5. The van der Waals surface area contributed by atoms with Crippen LogP contribution < -0.4 is 9.64 Å². The third-order valence-electron chi connectivity index (χ3n) is 10.2. The molecule has 5 heterocycles. The third kappa shape index (κ3) is 4.49. The number of benzene rings is 3. The molecule has 0 spiro atoms. The molecular weight excluding hydrogens is 619 g/mol. The number of rotatable bonds is 6. The number of fused-ring (bicyclic) bond motifs is 4. The molecule has 3 aromatic carbocycles. The lowest BCUT2D eigenvalue weighted by Gasteiger charge is -2.47. The second-order valence-corrected chi connectivity index (χ2v) is 13.4. The Morgan fingerprint density at radius 1 is 1.11 bits per heavy atom. The highest BCUT2D eigenvalue weighted by atomic mass is 35.5. The molecule has 1 aromatic heterocycles. The van der Waals surface area contributed by atoms with Gasteiger partial charge in [-0.05, 0) is 55.0 Å². The molecule has 8 rings (SSSR count). The molecule has 4 saturated heterocycles. The molecule has 0 aliphatic carbocycles. The molecule has 4 aliphatic heterocycles. The smallest absolute Gasteiger partial charge is 0.319 e. The molecule has 0 N–H and O–H groups in total. The van der Waals surface area contributed by atoms with Gasteiger partial charge in [0, 0.05) is 47.4 Å². The van der Waals surface area contributed by atoms with Gasteiger partial charge in [0.25, 0.3) is 0 Å². The monoisotopic (exact) mass is 649 g/mol. The van der Waals surface area contributed by atoms with Crippen LogP contribution in [-0.4, -0.2) is 82.3 Å². The number of halogens is 4. The maximum Gasteiger partial charge on any atom is 0.319 e. The van der Waals surface area contributed by atoms with Gasteiger partial charge in [-0.1, -0.05) is 60.1 Å². The van der Waals surface area contributed by atoms with Gasteiger partial charge in [0.1, 0.15) is 24.1 Å². The molecule has 4 fully saturated rings. The number of hydrogen-bond acceptors (Lipinski definition) is 6. The molecule has 0 saturated carbocycles. The number of carbonyl (C=O) groups excluding carboxylic acids is 1. The first kappa shape index (κ1) is 28.9. The number of carbonyl (C=O) groups is 1. The van der Waals surface area contributed by atoms with Gasteiger partial charge in [0.05, 0.1) is 22.6 Å². The Morgan fingerprint density at radius 3 is 2.76 bits per heavy atom. The molecule has 1 unspecified atom stereocenters. The first-order valence-electron chi connectivity index (χ1n) is 15.4. The van der Waals surface area contributed by atoms with E-state index in [9.17, 15) is 9.18 Å².